The second kappa shape index (κ2) is 4.80. The first-order valence-corrected chi connectivity index (χ1v) is 5.93. The first kappa shape index (κ1) is 11.3. The van der Waals surface area contributed by atoms with Crippen molar-refractivity contribution in [1.29, 1.82) is 0 Å². The Hall–Kier alpha value is -1.14. The number of hydrogen-bond donors (Lipinski definition) is 0. The van der Waals surface area contributed by atoms with Crippen LogP contribution in [0.4, 0.5) is 0 Å². The van der Waals surface area contributed by atoms with Crippen molar-refractivity contribution in [3.8, 4) is 0 Å². The third-order valence-corrected chi connectivity index (χ3v) is 3.49. The van der Waals surface area contributed by atoms with Crippen molar-refractivity contribution in [1.82, 2.24) is 24.7 Å². The van der Waals surface area contributed by atoms with Gasteiger partial charge in [0.15, 0.2) is 5.16 Å². The Labute approximate surface area is 102 Å². The van der Waals surface area contributed by atoms with Crippen LogP contribution in [0.5, 0.6) is 0 Å². The van der Waals surface area contributed by atoms with Gasteiger partial charge in [0.25, 0.3) is 0 Å². The zero-order valence-corrected chi connectivity index (χ0v) is 10.5. The maximum Gasteiger partial charge on any atom is 0.192 e. The van der Waals surface area contributed by atoms with Gasteiger partial charge in [-0.3, -0.25) is 0 Å². The van der Waals surface area contributed by atoms with E-state index in [4.69, 9.17) is 11.6 Å². The molecule has 2 rings (SSSR count). The monoisotopic (exact) mass is 255 g/mol. The van der Waals surface area contributed by atoms with Crippen molar-refractivity contribution in [3.05, 3.63) is 23.4 Å². The molecule has 0 bridgehead atoms. The van der Waals surface area contributed by atoms with E-state index in [1.807, 2.05) is 14.0 Å². The molecule has 0 aliphatic carbocycles. The lowest BCUT2D eigenvalue weighted by molar-refractivity contribution is 0.684. The van der Waals surface area contributed by atoms with Crippen LogP contribution < -0.4 is 0 Å². The van der Waals surface area contributed by atoms with E-state index in [-0.39, 0.29) is 0 Å². The molecule has 2 aromatic heterocycles. The number of hydrogen-bond acceptors (Lipinski definition) is 5. The van der Waals surface area contributed by atoms with Crippen LogP contribution in [0, 0.1) is 0 Å². The lowest BCUT2D eigenvalue weighted by Gasteiger charge is -2.06. The van der Waals surface area contributed by atoms with E-state index in [0.29, 0.717) is 5.15 Å². The Kier molecular flexibility index (Phi) is 3.40. The summed E-state index contributed by atoms with van der Waals surface area (Å²) in [6.07, 6.45) is 3.76. The van der Waals surface area contributed by atoms with Crippen molar-refractivity contribution in [3.63, 3.8) is 0 Å². The molecule has 7 heteroatoms. The van der Waals surface area contributed by atoms with Crippen LogP contribution >= 0.6 is 23.4 Å². The standard InChI is InChI=1S/C9H10ClN5S/c1-3-6-7(10)11-4-12-8(6)16-9-13-5-14-15(9)2/h4-5H,3H2,1-2H3. The Morgan fingerprint density at radius 3 is 2.75 bits per heavy atom. The van der Waals surface area contributed by atoms with Crippen LogP contribution in [0.25, 0.3) is 0 Å². The molecule has 0 spiro atoms. The Balaban J connectivity index is 2.35. The summed E-state index contributed by atoms with van der Waals surface area (Å²) in [5, 5.41) is 6.11. The predicted octanol–water partition coefficient (Wildman–Crippen LogP) is 1.97. The Bertz CT molecular complexity index is 498. The van der Waals surface area contributed by atoms with E-state index in [1.165, 1.54) is 24.4 Å². The largest absolute Gasteiger partial charge is 0.244 e. The number of halogens is 1. The summed E-state index contributed by atoms with van der Waals surface area (Å²) < 4.78 is 1.69. The van der Waals surface area contributed by atoms with E-state index in [2.05, 4.69) is 20.1 Å². The smallest absolute Gasteiger partial charge is 0.192 e. The van der Waals surface area contributed by atoms with Gasteiger partial charge < -0.3 is 0 Å². The van der Waals surface area contributed by atoms with Crippen LogP contribution in [0.2, 0.25) is 5.15 Å². The van der Waals surface area contributed by atoms with Gasteiger partial charge in [-0.05, 0) is 18.2 Å². The highest BCUT2D eigenvalue weighted by molar-refractivity contribution is 7.99. The molecule has 0 aromatic carbocycles. The van der Waals surface area contributed by atoms with Crippen LogP contribution in [-0.2, 0) is 13.5 Å². The molecule has 5 nitrogen and oxygen atoms in total. The fourth-order valence-electron chi connectivity index (χ4n) is 1.23. The fraction of sp³-hybridized carbons (Fsp3) is 0.333. The first-order chi connectivity index (χ1) is 7.72. The summed E-state index contributed by atoms with van der Waals surface area (Å²) in [4.78, 5) is 12.3. The van der Waals surface area contributed by atoms with Gasteiger partial charge in [0, 0.05) is 12.6 Å². The fourth-order valence-corrected chi connectivity index (χ4v) is 2.46. The van der Waals surface area contributed by atoms with Crippen LogP contribution in [0.3, 0.4) is 0 Å². The van der Waals surface area contributed by atoms with E-state index < -0.39 is 0 Å². The summed E-state index contributed by atoms with van der Waals surface area (Å²) >= 11 is 7.44. The highest BCUT2D eigenvalue weighted by Gasteiger charge is 2.12. The molecule has 0 saturated carbocycles. The van der Waals surface area contributed by atoms with Gasteiger partial charge in [0.2, 0.25) is 0 Å². The van der Waals surface area contributed by atoms with Crippen LogP contribution in [-0.4, -0.2) is 24.7 Å². The number of aryl methyl sites for hydroxylation is 1. The maximum atomic E-state index is 6.00. The number of rotatable bonds is 3. The van der Waals surface area contributed by atoms with E-state index in [9.17, 15) is 0 Å². The van der Waals surface area contributed by atoms with Gasteiger partial charge in [-0.25, -0.2) is 19.6 Å². The van der Waals surface area contributed by atoms with Crippen molar-refractivity contribution in [2.45, 2.75) is 23.5 Å². The summed E-state index contributed by atoms with van der Waals surface area (Å²) in [5.74, 6) is 0. The average Bonchev–Trinajstić information content (AvgIpc) is 2.65. The molecule has 2 aromatic rings. The van der Waals surface area contributed by atoms with Gasteiger partial charge >= 0.3 is 0 Å². The van der Waals surface area contributed by atoms with Crippen molar-refractivity contribution in [2.24, 2.45) is 7.05 Å². The van der Waals surface area contributed by atoms with Gasteiger partial charge in [-0.15, -0.1) is 0 Å². The van der Waals surface area contributed by atoms with Crippen molar-refractivity contribution >= 4 is 23.4 Å². The van der Waals surface area contributed by atoms with Gasteiger partial charge in [0.1, 0.15) is 22.8 Å². The minimum atomic E-state index is 0.502. The summed E-state index contributed by atoms with van der Waals surface area (Å²) in [5.41, 5.74) is 0.942. The molecule has 0 radical (unpaired) electrons. The maximum absolute atomic E-state index is 6.00. The van der Waals surface area contributed by atoms with Crippen molar-refractivity contribution < 1.29 is 0 Å². The lowest BCUT2D eigenvalue weighted by Crippen LogP contribution is -1.97. The SMILES string of the molecule is CCc1c(Cl)ncnc1Sc1ncnn1C. The Morgan fingerprint density at radius 2 is 2.12 bits per heavy atom. The van der Waals surface area contributed by atoms with E-state index in [1.54, 1.807) is 4.68 Å². The van der Waals surface area contributed by atoms with Crippen LogP contribution in [0.1, 0.15) is 12.5 Å². The zero-order valence-electron chi connectivity index (χ0n) is 8.88. The van der Waals surface area contributed by atoms with E-state index in [0.717, 1.165) is 22.2 Å². The molecule has 2 heterocycles. The molecule has 0 unspecified atom stereocenters. The molecule has 84 valence electrons. The molecule has 0 aliphatic rings. The Morgan fingerprint density at radius 1 is 1.31 bits per heavy atom. The van der Waals surface area contributed by atoms with Crippen molar-refractivity contribution in [2.75, 3.05) is 0 Å². The molecule has 0 fully saturated rings. The second-order valence-electron chi connectivity index (χ2n) is 3.07. The van der Waals surface area contributed by atoms with Crippen LogP contribution in [0.15, 0.2) is 22.8 Å². The molecular formula is C9H10ClN5S. The summed E-state index contributed by atoms with van der Waals surface area (Å²) in [7, 11) is 1.84. The summed E-state index contributed by atoms with van der Waals surface area (Å²) in [6, 6.07) is 0. The average molecular weight is 256 g/mol. The molecule has 0 atom stereocenters. The molecule has 0 aliphatic heterocycles. The zero-order chi connectivity index (χ0) is 11.5. The number of aromatic nitrogens is 5. The second-order valence-corrected chi connectivity index (χ2v) is 4.38. The third kappa shape index (κ3) is 2.17. The quantitative estimate of drug-likeness (QED) is 0.785. The van der Waals surface area contributed by atoms with E-state index >= 15 is 0 Å². The van der Waals surface area contributed by atoms with Gasteiger partial charge in [0.05, 0.1) is 0 Å². The normalized spacial score (nSPS) is 10.7. The summed E-state index contributed by atoms with van der Waals surface area (Å²) in [6.45, 7) is 2.02. The lowest BCUT2D eigenvalue weighted by atomic mass is 10.3. The number of nitrogens with zero attached hydrogens (tertiary/aromatic N) is 5. The molecule has 0 amide bonds. The molecule has 16 heavy (non-hydrogen) atoms. The van der Waals surface area contributed by atoms with Gasteiger partial charge in [-0.1, -0.05) is 18.5 Å². The highest BCUT2D eigenvalue weighted by atomic mass is 35.5. The minimum Gasteiger partial charge on any atom is -0.244 e. The third-order valence-electron chi connectivity index (χ3n) is 2.06. The molecule has 0 saturated heterocycles. The van der Waals surface area contributed by atoms with Gasteiger partial charge in [-0.2, -0.15) is 5.10 Å². The molecular weight excluding hydrogens is 246 g/mol. The first-order valence-electron chi connectivity index (χ1n) is 4.73. The highest BCUT2D eigenvalue weighted by Crippen LogP contribution is 2.29. The molecule has 0 N–H and O–H groups in total. The topological polar surface area (TPSA) is 56.5 Å². The minimum absolute atomic E-state index is 0.502. The predicted molar refractivity (Wildman–Crippen MR) is 61.5 cm³/mol.